The van der Waals surface area contributed by atoms with Crippen molar-refractivity contribution >= 4 is 11.9 Å². The molecule has 4 heteroatoms. The molecular weight excluding hydrogens is 264 g/mol. The number of carbonyl (C=O) groups excluding carboxylic acids is 1. The maximum atomic E-state index is 11.9. The molecule has 0 aliphatic carbocycles. The van der Waals surface area contributed by atoms with Gasteiger partial charge < -0.3 is 4.74 Å². The van der Waals surface area contributed by atoms with Crippen molar-refractivity contribution < 1.29 is 9.53 Å². The standard InChI is InChI=1S/C17H16N2O2/c1-3-4-11-21-16-8-5-14(6-9-16)7-10-17(20)15-12-18-19(2)13-15/h1,5-10,12-13H,4,11H2,2H3/b10-7-. The van der Waals surface area contributed by atoms with E-state index in [4.69, 9.17) is 11.2 Å². The van der Waals surface area contributed by atoms with Crippen LogP contribution in [0.4, 0.5) is 0 Å². The third-order valence-corrected chi connectivity index (χ3v) is 2.81. The van der Waals surface area contributed by atoms with E-state index < -0.39 is 0 Å². The number of ketones is 1. The second-order valence-corrected chi connectivity index (χ2v) is 4.47. The van der Waals surface area contributed by atoms with Crippen LogP contribution in [-0.2, 0) is 7.05 Å². The fraction of sp³-hybridized carbons (Fsp3) is 0.176. The van der Waals surface area contributed by atoms with E-state index in [1.54, 1.807) is 30.2 Å². The number of nitrogens with zero attached hydrogens (tertiary/aromatic N) is 2. The second kappa shape index (κ2) is 7.11. The van der Waals surface area contributed by atoms with E-state index in [1.807, 2.05) is 24.3 Å². The lowest BCUT2D eigenvalue weighted by molar-refractivity contribution is 0.104. The highest BCUT2D eigenvalue weighted by atomic mass is 16.5. The summed E-state index contributed by atoms with van der Waals surface area (Å²) in [5.74, 6) is 3.21. The molecule has 0 aliphatic heterocycles. The zero-order valence-corrected chi connectivity index (χ0v) is 11.8. The van der Waals surface area contributed by atoms with Crippen LogP contribution in [0.2, 0.25) is 0 Å². The first-order valence-corrected chi connectivity index (χ1v) is 6.56. The number of terminal acetylenes is 1. The van der Waals surface area contributed by atoms with Gasteiger partial charge in [0.1, 0.15) is 5.75 Å². The Morgan fingerprint density at radius 1 is 1.43 bits per heavy atom. The van der Waals surface area contributed by atoms with Gasteiger partial charge in [0.2, 0.25) is 0 Å². The van der Waals surface area contributed by atoms with Gasteiger partial charge in [0.05, 0.1) is 18.4 Å². The second-order valence-electron chi connectivity index (χ2n) is 4.47. The van der Waals surface area contributed by atoms with E-state index in [1.165, 1.54) is 6.08 Å². The monoisotopic (exact) mass is 280 g/mol. The Morgan fingerprint density at radius 3 is 2.81 bits per heavy atom. The van der Waals surface area contributed by atoms with Gasteiger partial charge in [-0.15, -0.1) is 12.3 Å². The maximum Gasteiger partial charge on any atom is 0.189 e. The average Bonchev–Trinajstić information content (AvgIpc) is 2.93. The molecule has 0 spiro atoms. The zero-order chi connectivity index (χ0) is 15.1. The van der Waals surface area contributed by atoms with Gasteiger partial charge in [0.15, 0.2) is 5.78 Å². The topological polar surface area (TPSA) is 44.1 Å². The highest BCUT2D eigenvalue weighted by molar-refractivity contribution is 6.06. The minimum atomic E-state index is -0.0718. The lowest BCUT2D eigenvalue weighted by atomic mass is 10.1. The fourth-order valence-electron chi connectivity index (χ4n) is 1.72. The number of carbonyl (C=O) groups is 1. The normalized spacial score (nSPS) is 10.5. The van der Waals surface area contributed by atoms with Gasteiger partial charge in [-0.05, 0) is 23.8 Å². The van der Waals surface area contributed by atoms with Crippen LogP contribution in [0.3, 0.4) is 0 Å². The molecular formula is C17H16N2O2. The van der Waals surface area contributed by atoms with E-state index >= 15 is 0 Å². The summed E-state index contributed by atoms with van der Waals surface area (Å²) in [7, 11) is 1.78. The average molecular weight is 280 g/mol. The highest BCUT2D eigenvalue weighted by Crippen LogP contribution is 2.13. The largest absolute Gasteiger partial charge is 0.493 e. The van der Waals surface area contributed by atoms with Crippen LogP contribution in [0.5, 0.6) is 5.75 Å². The van der Waals surface area contributed by atoms with Crippen LogP contribution in [0.25, 0.3) is 6.08 Å². The molecule has 0 N–H and O–H groups in total. The molecule has 0 bridgehead atoms. The van der Waals surface area contributed by atoms with Crippen LogP contribution < -0.4 is 4.74 Å². The number of allylic oxidation sites excluding steroid dienone is 1. The molecule has 4 nitrogen and oxygen atoms in total. The van der Waals surface area contributed by atoms with Crippen LogP contribution in [0, 0.1) is 12.3 Å². The quantitative estimate of drug-likeness (QED) is 0.354. The number of hydrogen-bond donors (Lipinski definition) is 0. The third-order valence-electron chi connectivity index (χ3n) is 2.81. The van der Waals surface area contributed by atoms with E-state index in [-0.39, 0.29) is 5.78 Å². The van der Waals surface area contributed by atoms with Crippen molar-refractivity contribution in [3.8, 4) is 18.1 Å². The summed E-state index contributed by atoms with van der Waals surface area (Å²) < 4.78 is 7.06. The zero-order valence-electron chi connectivity index (χ0n) is 11.8. The molecule has 106 valence electrons. The summed E-state index contributed by atoms with van der Waals surface area (Å²) in [4.78, 5) is 11.9. The predicted molar refractivity (Wildman–Crippen MR) is 82.0 cm³/mol. The van der Waals surface area contributed by atoms with Gasteiger partial charge in [-0.3, -0.25) is 9.48 Å². The Bertz CT molecular complexity index is 676. The molecule has 0 amide bonds. The number of aryl methyl sites for hydroxylation is 1. The lowest BCUT2D eigenvalue weighted by Crippen LogP contribution is -1.95. The summed E-state index contributed by atoms with van der Waals surface area (Å²) in [5, 5.41) is 3.97. The van der Waals surface area contributed by atoms with Gasteiger partial charge in [-0.25, -0.2) is 0 Å². The molecule has 2 aromatic rings. The first-order chi connectivity index (χ1) is 10.2. The number of rotatable bonds is 6. The molecule has 1 aromatic heterocycles. The van der Waals surface area contributed by atoms with E-state index in [0.717, 1.165) is 11.3 Å². The summed E-state index contributed by atoms with van der Waals surface area (Å²) in [6, 6.07) is 7.48. The molecule has 2 rings (SSSR count). The minimum absolute atomic E-state index is 0.0718. The summed E-state index contributed by atoms with van der Waals surface area (Å²) in [5.41, 5.74) is 1.50. The molecule has 0 saturated carbocycles. The Hall–Kier alpha value is -2.80. The Labute approximate surface area is 124 Å². The molecule has 0 unspecified atom stereocenters. The van der Waals surface area contributed by atoms with Crippen LogP contribution in [0.15, 0.2) is 42.7 Å². The molecule has 1 heterocycles. The molecule has 21 heavy (non-hydrogen) atoms. The van der Waals surface area contributed by atoms with Crippen molar-refractivity contribution in [1.29, 1.82) is 0 Å². The Kier molecular flexibility index (Phi) is 4.94. The van der Waals surface area contributed by atoms with E-state index in [9.17, 15) is 4.79 Å². The van der Waals surface area contributed by atoms with Gasteiger partial charge >= 0.3 is 0 Å². The first kappa shape index (κ1) is 14.6. The molecule has 0 saturated heterocycles. The molecule has 1 aromatic carbocycles. The maximum absolute atomic E-state index is 11.9. The van der Waals surface area contributed by atoms with Crippen LogP contribution >= 0.6 is 0 Å². The van der Waals surface area contributed by atoms with Crippen molar-refractivity contribution in [1.82, 2.24) is 9.78 Å². The Morgan fingerprint density at radius 2 is 2.19 bits per heavy atom. The van der Waals surface area contributed by atoms with Gasteiger partial charge in [-0.1, -0.05) is 18.2 Å². The SMILES string of the molecule is C#CCCOc1ccc(/C=C\C(=O)c2cnn(C)c2)cc1. The van der Waals surface area contributed by atoms with E-state index in [2.05, 4.69) is 11.0 Å². The molecule has 0 fully saturated rings. The van der Waals surface area contributed by atoms with Gasteiger partial charge in [0, 0.05) is 19.7 Å². The minimum Gasteiger partial charge on any atom is -0.493 e. The van der Waals surface area contributed by atoms with E-state index in [0.29, 0.717) is 18.6 Å². The highest BCUT2D eigenvalue weighted by Gasteiger charge is 2.03. The molecule has 0 aliphatic rings. The van der Waals surface area contributed by atoms with Gasteiger partial charge in [0.25, 0.3) is 0 Å². The summed E-state index contributed by atoms with van der Waals surface area (Å²) >= 11 is 0. The van der Waals surface area contributed by atoms with Crippen LogP contribution in [-0.4, -0.2) is 22.2 Å². The summed E-state index contributed by atoms with van der Waals surface area (Å²) in [6.45, 7) is 0.505. The van der Waals surface area contributed by atoms with Crippen molar-refractivity contribution in [2.75, 3.05) is 6.61 Å². The fourth-order valence-corrected chi connectivity index (χ4v) is 1.72. The first-order valence-electron chi connectivity index (χ1n) is 6.56. The predicted octanol–water partition coefficient (Wildman–Crippen LogP) is 2.72. The van der Waals surface area contributed by atoms with Gasteiger partial charge in [-0.2, -0.15) is 5.10 Å². The smallest absolute Gasteiger partial charge is 0.189 e. The van der Waals surface area contributed by atoms with Crippen molar-refractivity contribution in [3.63, 3.8) is 0 Å². The Balaban J connectivity index is 1.95. The number of benzene rings is 1. The lowest BCUT2D eigenvalue weighted by Gasteiger charge is -2.03. The molecule has 0 atom stereocenters. The molecule has 0 radical (unpaired) electrons. The van der Waals surface area contributed by atoms with Crippen molar-refractivity contribution in [3.05, 3.63) is 53.9 Å². The number of ether oxygens (including phenoxy) is 1. The van der Waals surface area contributed by atoms with Crippen molar-refractivity contribution in [2.24, 2.45) is 7.05 Å². The number of aromatic nitrogens is 2. The van der Waals surface area contributed by atoms with Crippen molar-refractivity contribution in [2.45, 2.75) is 6.42 Å². The number of hydrogen-bond acceptors (Lipinski definition) is 3. The van der Waals surface area contributed by atoms with Crippen LogP contribution in [0.1, 0.15) is 22.3 Å². The summed E-state index contributed by atoms with van der Waals surface area (Å²) in [6.07, 6.45) is 12.3. The third kappa shape index (κ3) is 4.36.